The molecule has 0 aliphatic carbocycles. The first-order valence-electron chi connectivity index (χ1n) is 7.55. The Hall–Kier alpha value is -2.12. The second kappa shape index (κ2) is 6.55. The number of anilines is 1. The van der Waals surface area contributed by atoms with E-state index in [1.165, 1.54) is 29.6 Å². The molecule has 1 atom stereocenters. The molecular weight excluding hydrogens is 316 g/mol. The Morgan fingerprint density at radius 3 is 2.96 bits per heavy atom. The average Bonchev–Trinajstić information content (AvgIpc) is 3.20. The standard InChI is InChI=1S/C16H18N2O4S/c1-3-18-7-6-10-12(9-18)23-15(13(10)16(20)21-2)17-14(19)11-5-4-8-22-11/h4-5,8H,3,6-7,9H2,1-2H3,(H,17,19)/p+1. The Morgan fingerprint density at radius 1 is 1.48 bits per heavy atom. The van der Waals surface area contributed by atoms with Crippen LogP contribution in [0, 0.1) is 0 Å². The molecule has 1 unspecified atom stereocenters. The molecule has 0 aromatic carbocycles. The first kappa shape index (κ1) is 15.8. The second-order valence-corrected chi connectivity index (χ2v) is 6.52. The number of ether oxygens (including phenoxy) is 1. The Bertz CT molecular complexity index is 721. The van der Waals surface area contributed by atoms with Gasteiger partial charge in [0.25, 0.3) is 5.91 Å². The van der Waals surface area contributed by atoms with Crippen molar-refractivity contribution in [2.24, 2.45) is 0 Å². The van der Waals surface area contributed by atoms with Crippen molar-refractivity contribution in [2.45, 2.75) is 19.9 Å². The number of quaternary nitrogens is 1. The maximum atomic E-state index is 12.2. The normalized spacial score (nSPS) is 16.7. The van der Waals surface area contributed by atoms with Crippen LogP contribution in [0.4, 0.5) is 5.00 Å². The summed E-state index contributed by atoms with van der Waals surface area (Å²) in [6, 6.07) is 3.24. The fourth-order valence-electron chi connectivity index (χ4n) is 2.82. The largest absolute Gasteiger partial charge is 0.465 e. The van der Waals surface area contributed by atoms with Crippen LogP contribution in [0.25, 0.3) is 0 Å². The lowest BCUT2D eigenvalue weighted by Crippen LogP contribution is -3.11. The molecule has 2 aromatic rings. The highest BCUT2D eigenvalue weighted by molar-refractivity contribution is 7.17. The molecule has 2 N–H and O–H groups in total. The van der Waals surface area contributed by atoms with Crippen molar-refractivity contribution in [1.29, 1.82) is 0 Å². The van der Waals surface area contributed by atoms with Crippen molar-refractivity contribution < 1.29 is 23.6 Å². The number of carbonyl (C=O) groups excluding carboxylic acids is 2. The summed E-state index contributed by atoms with van der Waals surface area (Å²) in [4.78, 5) is 27.0. The number of nitrogens with one attached hydrogen (secondary N) is 2. The molecule has 0 bridgehead atoms. The summed E-state index contributed by atoms with van der Waals surface area (Å²) in [6.45, 7) is 5.04. The van der Waals surface area contributed by atoms with Gasteiger partial charge >= 0.3 is 5.97 Å². The van der Waals surface area contributed by atoms with E-state index in [1.54, 1.807) is 12.1 Å². The zero-order valence-corrected chi connectivity index (χ0v) is 13.9. The molecule has 1 amide bonds. The second-order valence-electron chi connectivity index (χ2n) is 5.41. The molecule has 0 spiro atoms. The van der Waals surface area contributed by atoms with E-state index >= 15 is 0 Å². The highest BCUT2D eigenvalue weighted by Crippen LogP contribution is 2.35. The van der Waals surface area contributed by atoms with Crippen LogP contribution in [-0.2, 0) is 17.7 Å². The topological polar surface area (TPSA) is 73.0 Å². The van der Waals surface area contributed by atoms with E-state index in [9.17, 15) is 9.59 Å². The monoisotopic (exact) mass is 335 g/mol. The zero-order valence-electron chi connectivity index (χ0n) is 13.1. The van der Waals surface area contributed by atoms with Gasteiger partial charge in [0.1, 0.15) is 11.5 Å². The van der Waals surface area contributed by atoms with Crippen LogP contribution in [0.2, 0.25) is 0 Å². The summed E-state index contributed by atoms with van der Waals surface area (Å²) in [5.41, 5.74) is 1.50. The van der Waals surface area contributed by atoms with Crippen molar-refractivity contribution >= 4 is 28.2 Å². The highest BCUT2D eigenvalue weighted by Gasteiger charge is 2.30. The molecule has 3 rings (SSSR count). The van der Waals surface area contributed by atoms with Crippen molar-refractivity contribution in [1.82, 2.24) is 0 Å². The summed E-state index contributed by atoms with van der Waals surface area (Å²) in [7, 11) is 1.36. The van der Waals surface area contributed by atoms with E-state index < -0.39 is 5.97 Å². The predicted molar refractivity (Wildman–Crippen MR) is 86.1 cm³/mol. The summed E-state index contributed by atoms with van der Waals surface area (Å²) in [5.74, 6) is -0.552. The van der Waals surface area contributed by atoms with Gasteiger partial charge in [-0.05, 0) is 24.6 Å². The first-order valence-corrected chi connectivity index (χ1v) is 8.37. The average molecular weight is 335 g/mol. The van der Waals surface area contributed by atoms with Crippen LogP contribution in [0.1, 0.15) is 38.3 Å². The number of carbonyl (C=O) groups is 2. The Morgan fingerprint density at radius 2 is 2.30 bits per heavy atom. The van der Waals surface area contributed by atoms with Crippen LogP contribution in [0.15, 0.2) is 22.8 Å². The maximum absolute atomic E-state index is 12.2. The lowest BCUT2D eigenvalue weighted by molar-refractivity contribution is -0.913. The number of thiophene rings is 1. The van der Waals surface area contributed by atoms with Crippen molar-refractivity contribution in [3.05, 3.63) is 40.2 Å². The van der Waals surface area contributed by atoms with Gasteiger partial charge in [-0.1, -0.05) is 0 Å². The molecule has 3 heterocycles. The zero-order chi connectivity index (χ0) is 16.4. The third kappa shape index (κ3) is 3.02. The first-order chi connectivity index (χ1) is 11.1. The van der Waals surface area contributed by atoms with E-state index in [4.69, 9.17) is 9.15 Å². The van der Waals surface area contributed by atoms with Crippen LogP contribution in [0.5, 0.6) is 0 Å². The third-order valence-corrected chi connectivity index (χ3v) is 5.24. The van der Waals surface area contributed by atoms with Crippen LogP contribution in [-0.4, -0.2) is 32.1 Å². The molecule has 2 aromatic heterocycles. The van der Waals surface area contributed by atoms with Crippen molar-refractivity contribution in [3.63, 3.8) is 0 Å². The Kier molecular flexibility index (Phi) is 4.49. The third-order valence-electron chi connectivity index (χ3n) is 4.09. The van der Waals surface area contributed by atoms with Crippen molar-refractivity contribution in [3.8, 4) is 0 Å². The van der Waals surface area contributed by atoms with E-state index in [1.807, 2.05) is 0 Å². The minimum absolute atomic E-state index is 0.216. The number of likely N-dealkylation sites (N-methyl/N-ethyl adjacent to an activating group) is 1. The molecule has 0 radical (unpaired) electrons. The molecule has 23 heavy (non-hydrogen) atoms. The molecule has 7 heteroatoms. The summed E-state index contributed by atoms with van der Waals surface area (Å²) in [6.07, 6.45) is 2.26. The van der Waals surface area contributed by atoms with E-state index in [0.29, 0.717) is 10.6 Å². The van der Waals surface area contributed by atoms with Gasteiger partial charge in [-0.15, -0.1) is 11.3 Å². The fraction of sp³-hybridized carbons (Fsp3) is 0.375. The lowest BCUT2D eigenvalue weighted by atomic mass is 10.0. The van der Waals surface area contributed by atoms with Crippen LogP contribution >= 0.6 is 11.3 Å². The van der Waals surface area contributed by atoms with Gasteiger partial charge in [0.2, 0.25) is 0 Å². The fourth-order valence-corrected chi connectivity index (χ4v) is 4.12. The molecule has 1 aliphatic rings. The van der Waals surface area contributed by atoms with E-state index in [0.717, 1.165) is 36.5 Å². The van der Waals surface area contributed by atoms with Crippen LogP contribution in [0.3, 0.4) is 0 Å². The van der Waals surface area contributed by atoms with E-state index in [-0.39, 0.29) is 11.7 Å². The van der Waals surface area contributed by atoms with Crippen molar-refractivity contribution in [2.75, 3.05) is 25.5 Å². The predicted octanol–water partition coefficient (Wildman–Crippen LogP) is 1.34. The SMILES string of the molecule is CC[NH+]1CCc2c(sc(NC(=O)c3ccco3)c2C(=O)OC)C1. The van der Waals surface area contributed by atoms with Gasteiger partial charge in [-0.3, -0.25) is 4.79 Å². The maximum Gasteiger partial charge on any atom is 0.341 e. The lowest BCUT2D eigenvalue weighted by Gasteiger charge is -2.22. The van der Waals surface area contributed by atoms with Gasteiger partial charge in [-0.25, -0.2) is 4.79 Å². The van der Waals surface area contributed by atoms with E-state index in [2.05, 4.69) is 12.2 Å². The van der Waals surface area contributed by atoms with Crippen LogP contribution < -0.4 is 10.2 Å². The Balaban J connectivity index is 1.94. The smallest absolute Gasteiger partial charge is 0.341 e. The number of methoxy groups -OCH3 is 1. The number of fused-ring (bicyclic) bond motifs is 1. The summed E-state index contributed by atoms with van der Waals surface area (Å²) >= 11 is 1.46. The van der Waals surface area contributed by atoms with Gasteiger partial charge in [0.15, 0.2) is 5.76 Å². The molecule has 0 fully saturated rings. The number of hydrogen-bond donors (Lipinski definition) is 2. The van der Waals surface area contributed by atoms with Gasteiger partial charge in [0, 0.05) is 6.42 Å². The minimum Gasteiger partial charge on any atom is -0.465 e. The molecular formula is C16H19N2O4S+. The number of furan rings is 1. The summed E-state index contributed by atoms with van der Waals surface area (Å²) in [5, 5.41) is 3.34. The number of rotatable bonds is 4. The molecule has 1 aliphatic heterocycles. The van der Waals surface area contributed by atoms with Gasteiger partial charge in [0.05, 0.1) is 36.9 Å². The molecule has 0 saturated carbocycles. The summed E-state index contributed by atoms with van der Waals surface area (Å²) < 4.78 is 10.0. The van der Waals surface area contributed by atoms with Gasteiger partial charge in [-0.2, -0.15) is 0 Å². The van der Waals surface area contributed by atoms with Gasteiger partial charge < -0.3 is 19.4 Å². The molecule has 0 saturated heterocycles. The molecule has 122 valence electrons. The highest BCUT2D eigenvalue weighted by atomic mass is 32.1. The Labute approximate surface area is 138 Å². The number of esters is 1. The quantitative estimate of drug-likeness (QED) is 0.827. The minimum atomic E-state index is -0.405. The molecule has 6 nitrogen and oxygen atoms in total. The number of amides is 1. The number of hydrogen-bond acceptors (Lipinski definition) is 5.